The highest BCUT2D eigenvalue weighted by atomic mass is 79.9. The molecule has 1 aliphatic heterocycles. The number of nitrogens with zero attached hydrogens (tertiary/aromatic N) is 6. The first kappa shape index (κ1) is 18.0. The van der Waals surface area contributed by atoms with Crippen molar-refractivity contribution in [3.63, 3.8) is 0 Å². The van der Waals surface area contributed by atoms with Crippen LogP contribution in [0.2, 0.25) is 0 Å². The van der Waals surface area contributed by atoms with Crippen molar-refractivity contribution in [1.82, 2.24) is 24.7 Å². The number of aromatic nitrogens is 5. The molecule has 2 aromatic carbocycles. The zero-order valence-electron chi connectivity index (χ0n) is 15.5. The van der Waals surface area contributed by atoms with Crippen molar-refractivity contribution in [2.75, 3.05) is 36.5 Å². The van der Waals surface area contributed by atoms with E-state index in [-0.39, 0.29) is 0 Å². The van der Waals surface area contributed by atoms with Crippen molar-refractivity contribution in [1.29, 1.82) is 0 Å². The van der Waals surface area contributed by atoms with Crippen molar-refractivity contribution in [2.24, 2.45) is 0 Å². The molecule has 1 N–H and O–H groups in total. The second-order valence-corrected chi connectivity index (χ2v) is 7.57. The number of halogens is 1. The maximum Gasteiger partial charge on any atom is 0.245 e. The predicted molar refractivity (Wildman–Crippen MR) is 115 cm³/mol. The zero-order valence-corrected chi connectivity index (χ0v) is 17.1. The van der Waals surface area contributed by atoms with E-state index in [1.165, 1.54) is 0 Å². The van der Waals surface area contributed by atoms with Gasteiger partial charge in [0.2, 0.25) is 11.9 Å². The van der Waals surface area contributed by atoms with Gasteiger partial charge in [-0.05, 0) is 36.4 Å². The third-order valence-corrected chi connectivity index (χ3v) is 5.20. The number of morpholine rings is 1. The molecule has 0 aliphatic carbocycles. The Morgan fingerprint density at radius 1 is 1.00 bits per heavy atom. The third-order valence-electron chi connectivity index (χ3n) is 4.71. The third kappa shape index (κ3) is 3.92. The minimum atomic E-state index is 0.554. The van der Waals surface area contributed by atoms with E-state index < -0.39 is 0 Å². The van der Waals surface area contributed by atoms with Gasteiger partial charge in [0.15, 0.2) is 0 Å². The van der Waals surface area contributed by atoms with Gasteiger partial charge in [0.1, 0.15) is 6.33 Å². The molecule has 2 aromatic heterocycles. The molecule has 0 unspecified atom stereocenters. The molecule has 9 heteroatoms. The second kappa shape index (κ2) is 7.76. The SMILES string of the molecule is Brc1ccc2cnc(Nc3ccc(-n4cnc(N5CCOCC5)n4)cc3)nc2c1. The quantitative estimate of drug-likeness (QED) is 0.507. The Bertz CT molecular complexity index is 1140. The van der Waals surface area contributed by atoms with Crippen LogP contribution < -0.4 is 10.2 Å². The number of ether oxygens (including phenoxy) is 1. The standard InChI is InChI=1S/C20H18BrN7O/c21-15-2-1-14-12-22-19(25-18(14)11-15)24-16-3-5-17(6-4-16)28-13-23-20(26-28)27-7-9-29-10-8-27/h1-6,11-13H,7-10H2,(H,22,24,25). The number of hydrogen-bond donors (Lipinski definition) is 1. The number of anilines is 3. The first-order chi connectivity index (χ1) is 14.2. The lowest BCUT2D eigenvalue weighted by Gasteiger charge is -2.25. The summed E-state index contributed by atoms with van der Waals surface area (Å²) in [6, 6.07) is 13.9. The molecule has 0 saturated carbocycles. The van der Waals surface area contributed by atoms with E-state index in [2.05, 4.69) is 46.2 Å². The Labute approximate surface area is 175 Å². The lowest BCUT2D eigenvalue weighted by atomic mass is 10.2. The van der Waals surface area contributed by atoms with Gasteiger partial charge in [0, 0.05) is 34.8 Å². The van der Waals surface area contributed by atoms with Crippen LogP contribution in [0.4, 0.5) is 17.6 Å². The summed E-state index contributed by atoms with van der Waals surface area (Å²) in [7, 11) is 0. The number of fused-ring (bicyclic) bond motifs is 1. The highest BCUT2D eigenvalue weighted by Gasteiger charge is 2.15. The summed E-state index contributed by atoms with van der Waals surface area (Å²) in [6.07, 6.45) is 3.55. The first-order valence-electron chi connectivity index (χ1n) is 9.29. The van der Waals surface area contributed by atoms with Crippen molar-refractivity contribution < 1.29 is 4.74 Å². The summed E-state index contributed by atoms with van der Waals surface area (Å²) in [4.78, 5) is 15.5. The van der Waals surface area contributed by atoms with Crippen molar-refractivity contribution in [3.8, 4) is 5.69 Å². The molecular weight excluding hydrogens is 434 g/mol. The van der Waals surface area contributed by atoms with Crippen molar-refractivity contribution in [2.45, 2.75) is 0 Å². The average molecular weight is 452 g/mol. The van der Waals surface area contributed by atoms with Crippen LogP contribution in [0.25, 0.3) is 16.6 Å². The molecule has 146 valence electrons. The molecule has 5 rings (SSSR count). The molecular formula is C20H18BrN7O. The molecule has 0 atom stereocenters. The Morgan fingerprint density at radius 2 is 1.83 bits per heavy atom. The Morgan fingerprint density at radius 3 is 2.66 bits per heavy atom. The summed E-state index contributed by atoms with van der Waals surface area (Å²) in [5, 5.41) is 8.83. The Kier molecular flexibility index (Phi) is 4.82. The van der Waals surface area contributed by atoms with Gasteiger partial charge in [-0.3, -0.25) is 0 Å². The van der Waals surface area contributed by atoms with Crippen molar-refractivity contribution in [3.05, 3.63) is 59.5 Å². The van der Waals surface area contributed by atoms with Crippen LogP contribution in [-0.4, -0.2) is 51.0 Å². The minimum Gasteiger partial charge on any atom is -0.378 e. The van der Waals surface area contributed by atoms with E-state index in [4.69, 9.17) is 4.74 Å². The van der Waals surface area contributed by atoms with Gasteiger partial charge in [0.25, 0.3) is 0 Å². The van der Waals surface area contributed by atoms with Gasteiger partial charge >= 0.3 is 0 Å². The molecule has 0 amide bonds. The minimum absolute atomic E-state index is 0.554. The fraction of sp³-hybridized carbons (Fsp3) is 0.200. The lowest BCUT2D eigenvalue weighted by Crippen LogP contribution is -2.37. The number of rotatable bonds is 4. The van der Waals surface area contributed by atoms with E-state index in [1.54, 1.807) is 11.0 Å². The molecule has 3 heterocycles. The van der Waals surface area contributed by atoms with Crippen molar-refractivity contribution >= 4 is 44.4 Å². The van der Waals surface area contributed by atoms with Gasteiger partial charge in [-0.2, -0.15) is 4.98 Å². The van der Waals surface area contributed by atoms with Crippen LogP contribution >= 0.6 is 15.9 Å². The smallest absolute Gasteiger partial charge is 0.245 e. The normalized spacial score (nSPS) is 14.3. The van der Waals surface area contributed by atoms with Crippen LogP contribution in [0.5, 0.6) is 0 Å². The van der Waals surface area contributed by atoms with Gasteiger partial charge in [-0.15, -0.1) is 5.10 Å². The van der Waals surface area contributed by atoms with Crippen LogP contribution in [0, 0.1) is 0 Å². The van der Waals surface area contributed by atoms with E-state index in [9.17, 15) is 0 Å². The molecule has 0 spiro atoms. The Hall–Kier alpha value is -3.04. The first-order valence-corrected chi connectivity index (χ1v) is 10.1. The van der Waals surface area contributed by atoms with Gasteiger partial charge < -0.3 is 15.0 Å². The second-order valence-electron chi connectivity index (χ2n) is 6.66. The Balaban J connectivity index is 1.32. The van der Waals surface area contributed by atoms with Crippen LogP contribution in [0.3, 0.4) is 0 Å². The summed E-state index contributed by atoms with van der Waals surface area (Å²) < 4.78 is 8.15. The molecule has 0 bridgehead atoms. The molecule has 29 heavy (non-hydrogen) atoms. The fourth-order valence-electron chi connectivity index (χ4n) is 3.17. The van der Waals surface area contributed by atoms with Gasteiger partial charge in [-0.1, -0.05) is 22.0 Å². The number of hydrogen-bond acceptors (Lipinski definition) is 7. The van der Waals surface area contributed by atoms with Gasteiger partial charge in [0.05, 0.1) is 24.4 Å². The molecule has 1 aliphatic rings. The predicted octanol–water partition coefficient (Wildman–Crippen LogP) is 3.55. The van der Waals surface area contributed by atoms with E-state index in [0.717, 1.165) is 45.8 Å². The average Bonchev–Trinajstić information content (AvgIpc) is 3.25. The monoisotopic (exact) mass is 451 g/mol. The molecule has 1 fully saturated rings. The van der Waals surface area contributed by atoms with Gasteiger partial charge in [-0.25, -0.2) is 14.6 Å². The topological polar surface area (TPSA) is 81.0 Å². The van der Waals surface area contributed by atoms with E-state index in [0.29, 0.717) is 19.2 Å². The maximum absolute atomic E-state index is 5.38. The van der Waals surface area contributed by atoms with E-state index >= 15 is 0 Å². The molecule has 0 radical (unpaired) electrons. The maximum atomic E-state index is 5.38. The number of benzene rings is 2. The summed E-state index contributed by atoms with van der Waals surface area (Å²) in [6.45, 7) is 3.05. The molecule has 4 aromatic rings. The largest absolute Gasteiger partial charge is 0.378 e. The van der Waals surface area contributed by atoms with Crippen LogP contribution in [-0.2, 0) is 4.74 Å². The summed E-state index contributed by atoms with van der Waals surface area (Å²) in [5.41, 5.74) is 2.72. The fourth-order valence-corrected chi connectivity index (χ4v) is 3.52. The summed E-state index contributed by atoms with van der Waals surface area (Å²) in [5.74, 6) is 1.28. The molecule has 1 saturated heterocycles. The highest BCUT2D eigenvalue weighted by molar-refractivity contribution is 9.10. The van der Waals surface area contributed by atoms with Crippen LogP contribution in [0.15, 0.2) is 59.5 Å². The molecule has 8 nitrogen and oxygen atoms in total. The number of nitrogens with one attached hydrogen (secondary N) is 1. The zero-order chi connectivity index (χ0) is 19.6. The highest BCUT2D eigenvalue weighted by Crippen LogP contribution is 2.21. The summed E-state index contributed by atoms with van der Waals surface area (Å²) >= 11 is 3.48. The van der Waals surface area contributed by atoms with Crippen LogP contribution in [0.1, 0.15) is 0 Å². The van der Waals surface area contributed by atoms with E-state index in [1.807, 2.05) is 48.7 Å². The lowest BCUT2D eigenvalue weighted by molar-refractivity contribution is 0.122.